The van der Waals surface area contributed by atoms with Crippen LogP contribution in [0.1, 0.15) is 396 Å². The van der Waals surface area contributed by atoms with Gasteiger partial charge in [0.2, 0.25) is 0 Å². The van der Waals surface area contributed by atoms with Gasteiger partial charge in [-0.3, -0.25) is 37.3 Å². The Morgan fingerprint density at radius 2 is 0.433 bits per heavy atom. The molecule has 0 aliphatic rings. The van der Waals surface area contributed by atoms with Crippen molar-refractivity contribution in [2.45, 2.75) is 414 Å². The van der Waals surface area contributed by atoms with Crippen LogP contribution in [0.15, 0.2) is 0 Å². The summed E-state index contributed by atoms with van der Waals surface area (Å²) in [5, 5.41) is 10.6. The third-order valence-corrected chi connectivity index (χ3v) is 20.0. The molecule has 0 aromatic rings. The zero-order valence-electron chi connectivity index (χ0n) is 63.7. The summed E-state index contributed by atoms with van der Waals surface area (Å²) in [6.45, 7) is 14.2. The number of phosphoric acid groups is 2. The molecule has 17 nitrogen and oxygen atoms in total. The Labute approximate surface area is 594 Å². The molecule has 19 heteroatoms. The van der Waals surface area contributed by atoms with Crippen molar-refractivity contribution in [2.75, 3.05) is 39.6 Å². The first-order chi connectivity index (χ1) is 46.6. The number of aliphatic hydroxyl groups excluding tert-OH is 1. The third-order valence-electron chi connectivity index (χ3n) is 18.1. The van der Waals surface area contributed by atoms with Gasteiger partial charge in [-0.15, -0.1) is 0 Å². The first-order valence-corrected chi connectivity index (χ1v) is 43.2. The lowest BCUT2D eigenvalue weighted by molar-refractivity contribution is -0.161. The Bertz CT molecular complexity index is 1900. The summed E-state index contributed by atoms with van der Waals surface area (Å²) in [6.07, 6.45) is 52.9. The molecule has 0 rings (SSSR count). The van der Waals surface area contributed by atoms with E-state index in [9.17, 15) is 43.2 Å². The van der Waals surface area contributed by atoms with Gasteiger partial charge in [0.1, 0.15) is 19.3 Å². The summed E-state index contributed by atoms with van der Waals surface area (Å²) >= 11 is 0. The molecule has 0 bridgehead atoms. The second kappa shape index (κ2) is 67.2. The van der Waals surface area contributed by atoms with Crippen molar-refractivity contribution in [2.24, 2.45) is 23.7 Å². The van der Waals surface area contributed by atoms with Crippen LogP contribution in [0, 0.1) is 23.7 Å². The Kier molecular flexibility index (Phi) is 65.9. The van der Waals surface area contributed by atoms with Gasteiger partial charge in [0.15, 0.2) is 12.2 Å². The summed E-state index contributed by atoms with van der Waals surface area (Å²) < 4.78 is 68.6. The number of ether oxygens (including phenoxy) is 4. The van der Waals surface area contributed by atoms with E-state index in [4.69, 9.17) is 37.0 Å². The SMILES string of the molecule is CC(C)CCCCCCCCCCCCCCCCCCCCC(=O)O[C@H](COC(=O)CCCCCCCCCCC(C)C)COP(=O)(O)OCC(O)COP(=O)(O)OC[C@@H](COC(=O)CCCCCCCCCC(C)C)OC(=O)CCCCCCCCCCCCCCC(C)C. The second-order valence-electron chi connectivity index (χ2n) is 30.0. The van der Waals surface area contributed by atoms with Crippen LogP contribution in [0.3, 0.4) is 0 Å². The van der Waals surface area contributed by atoms with Gasteiger partial charge in [0.25, 0.3) is 0 Å². The summed E-state index contributed by atoms with van der Waals surface area (Å²) in [7, 11) is -9.92. The number of phosphoric ester groups is 2. The minimum absolute atomic E-state index is 0.106. The lowest BCUT2D eigenvalue weighted by Crippen LogP contribution is -2.30. The lowest BCUT2D eigenvalue weighted by Gasteiger charge is -2.21. The summed E-state index contributed by atoms with van der Waals surface area (Å²) in [5.74, 6) is 0.908. The molecule has 3 unspecified atom stereocenters. The van der Waals surface area contributed by atoms with Crippen LogP contribution in [0.4, 0.5) is 0 Å². The molecule has 0 spiro atoms. The number of unbranched alkanes of at least 4 members (excludes halogenated alkanes) is 41. The standard InChI is InChI=1S/C78H152O17P2/c1-68(2)54-46-38-30-23-19-15-13-11-9-10-12-14-16-21-25-35-44-52-60-77(82)94-73(64-88-75(80)58-50-42-34-28-27-32-40-48-56-70(5)6)66-92-96(84,85)90-62-72(79)63-91-97(86,87)93-67-74(65-89-76(81)59-51-43-37-29-33-41-49-57-71(7)8)95-78(83)61-53-45-36-26-22-18-17-20-24-31-39-47-55-69(3)4/h68-74,79H,9-67H2,1-8H3,(H,84,85)(H,86,87)/t72?,73-,74-/m1/s1. The Balaban J connectivity index is 5.19. The van der Waals surface area contributed by atoms with E-state index in [-0.39, 0.29) is 25.7 Å². The summed E-state index contributed by atoms with van der Waals surface area (Å²) in [4.78, 5) is 72.8. The van der Waals surface area contributed by atoms with Crippen LogP contribution in [-0.4, -0.2) is 96.7 Å². The average molecular weight is 1420 g/mol. The predicted molar refractivity (Wildman–Crippen MR) is 395 cm³/mol. The first-order valence-electron chi connectivity index (χ1n) is 40.2. The third kappa shape index (κ3) is 72.2. The highest BCUT2D eigenvalue weighted by Gasteiger charge is 2.30. The molecular weight excluding hydrogens is 1270 g/mol. The van der Waals surface area contributed by atoms with E-state index in [1.807, 2.05) is 0 Å². The molecule has 3 N–H and O–H groups in total. The monoisotopic (exact) mass is 1420 g/mol. The molecule has 5 atom stereocenters. The van der Waals surface area contributed by atoms with Crippen molar-refractivity contribution in [3.05, 3.63) is 0 Å². The zero-order chi connectivity index (χ0) is 71.7. The van der Waals surface area contributed by atoms with E-state index < -0.39 is 97.5 Å². The van der Waals surface area contributed by atoms with Gasteiger partial charge >= 0.3 is 39.5 Å². The largest absolute Gasteiger partial charge is 0.472 e. The summed E-state index contributed by atoms with van der Waals surface area (Å²) in [6, 6.07) is 0. The highest BCUT2D eigenvalue weighted by molar-refractivity contribution is 7.47. The zero-order valence-corrected chi connectivity index (χ0v) is 65.5. The van der Waals surface area contributed by atoms with Crippen molar-refractivity contribution in [1.82, 2.24) is 0 Å². The number of carbonyl (C=O) groups is 4. The molecule has 0 fully saturated rings. The molecule has 0 radical (unpaired) electrons. The van der Waals surface area contributed by atoms with Crippen molar-refractivity contribution in [3.63, 3.8) is 0 Å². The number of carbonyl (C=O) groups excluding carboxylic acids is 4. The van der Waals surface area contributed by atoms with Crippen LogP contribution in [0.5, 0.6) is 0 Å². The van der Waals surface area contributed by atoms with Gasteiger partial charge in [-0.05, 0) is 49.4 Å². The van der Waals surface area contributed by atoms with E-state index in [1.54, 1.807) is 0 Å². The molecule has 0 saturated carbocycles. The van der Waals surface area contributed by atoms with Gasteiger partial charge in [-0.1, -0.05) is 344 Å². The van der Waals surface area contributed by atoms with Gasteiger partial charge in [0, 0.05) is 25.7 Å². The fraction of sp³-hybridized carbons (Fsp3) is 0.949. The van der Waals surface area contributed by atoms with E-state index in [0.29, 0.717) is 31.6 Å². The molecule has 97 heavy (non-hydrogen) atoms. The van der Waals surface area contributed by atoms with Crippen LogP contribution in [0.2, 0.25) is 0 Å². The smallest absolute Gasteiger partial charge is 0.462 e. The van der Waals surface area contributed by atoms with Gasteiger partial charge in [-0.2, -0.15) is 0 Å². The van der Waals surface area contributed by atoms with Crippen LogP contribution in [0.25, 0.3) is 0 Å². The average Bonchev–Trinajstić information content (AvgIpc) is 1.53. The van der Waals surface area contributed by atoms with Crippen molar-refractivity contribution < 1.29 is 80.2 Å². The molecule has 0 aromatic heterocycles. The number of aliphatic hydroxyl groups is 1. The van der Waals surface area contributed by atoms with E-state index in [2.05, 4.69) is 55.4 Å². The van der Waals surface area contributed by atoms with Crippen molar-refractivity contribution >= 4 is 39.5 Å². The number of rotatable bonds is 75. The van der Waals surface area contributed by atoms with Gasteiger partial charge in [0.05, 0.1) is 26.4 Å². The Hall–Kier alpha value is -1.94. The van der Waals surface area contributed by atoms with Crippen LogP contribution < -0.4 is 0 Å². The maximum atomic E-state index is 13.1. The summed E-state index contributed by atoms with van der Waals surface area (Å²) in [5.41, 5.74) is 0. The predicted octanol–water partition coefficient (Wildman–Crippen LogP) is 22.8. The minimum atomic E-state index is -4.96. The highest BCUT2D eigenvalue weighted by atomic mass is 31.2. The molecule has 0 heterocycles. The molecule has 0 saturated heterocycles. The first kappa shape index (κ1) is 95.1. The maximum absolute atomic E-state index is 13.1. The van der Waals surface area contributed by atoms with Crippen molar-refractivity contribution in [1.29, 1.82) is 0 Å². The normalized spacial score (nSPS) is 14.1. The number of hydrogen-bond donors (Lipinski definition) is 3. The second-order valence-corrected chi connectivity index (χ2v) is 32.9. The topological polar surface area (TPSA) is 237 Å². The Morgan fingerprint density at radius 1 is 0.258 bits per heavy atom. The van der Waals surface area contributed by atoms with Crippen molar-refractivity contribution in [3.8, 4) is 0 Å². The molecule has 0 aliphatic carbocycles. The lowest BCUT2D eigenvalue weighted by atomic mass is 10.0. The van der Waals surface area contributed by atoms with Gasteiger partial charge in [-0.25, -0.2) is 9.13 Å². The van der Waals surface area contributed by atoms with E-state index in [0.717, 1.165) is 114 Å². The number of hydrogen-bond acceptors (Lipinski definition) is 15. The van der Waals surface area contributed by atoms with Crippen LogP contribution >= 0.6 is 15.6 Å². The molecule has 576 valence electrons. The minimum Gasteiger partial charge on any atom is -0.462 e. The molecule has 0 aromatic carbocycles. The Morgan fingerprint density at radius 3 is 0.639 bits per heavy atom. The van der Waals surface area contributed by atoms with Gasteiger partial charge < -0.3 is 33.8 Å². The fourth-order valence-electron chi connectivity index (χ4n) is 11.9. The maximum Gasteiger partial charge on any atom is 0.472 e. The van der Waals surface area contributed by atoms with E-state index in [1.165, 1.54) is 193 Å². The van der Waals surface area contributed by atoms with E-state index >= 15 is 0 Å². The quantitative estimate of drug-likeness (QED) is 0.0222. The fourth-order valence-corrected chi connectivity index (χ4v) is 13.5. The molecular formula is C78H152O17P2. The molecule has 0 amide bonds. The molecule has 0 aliphatic heterocycles. The van der Waals surface area contributed by atoms with Crippen LogP contribution in [-0.2, 0) is 65.4 Å². The number of esters is 4. The highest BCUT2D eigenvalue weighted by Crippen LogP contribution is 2.45.